The molecule has 1 saturated heterocycles. The number of carbonyl (C=O) groups excluding carboxylic acids is 1. The number of nitrogens with zero attached hydrogens (tertiary/aromatic N) is 2. The van der Waals surface area contributed by atoms with Crippen molar-refractivity contribution in [2.24, 2.45) is 0 Å². The third kappa shape index (κ3) is 4.93. The molecular weight excluding hydrogens is 284 g/mol. The molecule has 0 spiro atoms. The number of piperazine rings is 1. The summed E-state index contributed by atoms with van der Waals surface area (Å²) in [7, 11) is 0. The van der Waals surface area contributed by atoms with Crippen LogP contribution in [-0.4, -0.2) is 47.9 Å². The van der Waals surface area contributed by atoms with Gasteiger partial charge in [-0.25, -0.2) is 0 Å². The highest BCUT2D eigenvalue weighted by atomic mass is 16.2. The van der Waals surface area contributed by atoms with E-state index in [1.165, 1.54) is 5.56 Å². The van der Waals surface area contributed by atoms with Crippen LogP contribution in [0.5, 0.6) is 0 Å². The van der Waals surface area contributed by atoms with Crippen LogP contribution in [0.3, 0.4) is 0 Å². The van der Waals surface area contributed by atoms with E-state index in [0.29, 0.717) is 6.04 Å². The summed E-state index contributed by atoms with van der Waals surface area (Å²) < 4.78 is 0. The van der Waals surface area contributed by atoms with Gasteiger partial charge in [-0.15, -0.1) is 0 Å². The molecule has 0 bridgehead atoms. The van der Waals surface area contributed by atoms with E-state index in [9.17, 15) is 4.79 Å². The number of hydrogen-bond acceptors (Lipinski definition) is 2. The smallest absolute Gasteiger partial charge is 0.246 e. The molecule has 0 saturated carbocycles. The third-order valence-electron chi connectivity index (χ3n) is 4.55. The molecule has 126 valence electrons. The molecule has 3 heteroatoms. The van der Waals surface area contributed by atoms with E-state index in [4.69, 9.17) is 0 Å². The third-order valence-corrected chi connectivity index (χ3v) is 4.55. The highest BCUT2D eigenvalue weighted by molar-refractivity contribution is 5.91. The van der Waals surface area contributed by atoms with Gasteiger partial charge in [0, 0.05) is 38.3 Å². The van der Waals surface area contributed by atoms with Crippen molar-refractivity contribution in [3.05, 3.63) is 41.5 Å². The molecule has 1 heterocycles. The van der Waals surface area contributed by atoms with Crippen molar-refractivity contribution in [3.63, 3.8) is 0 Å². The van der Waals surface area contributed by atoms with Crippen LogP contribution in [0.25, 0.3) is 6.08 Å². The molecule has 0 N–H and O–H groups in total. The number of rotatable bonds is 3. The molecule has 1 aromatic rings. The summed E-state index contributed by atoms with van der Waals surface area (Å²) in [4.78, 5) is 16.7. The Hall–Kier alpha value is -1.61. The molecule has 1 aliphatic heterocycles. The highest BCUT2D eigenvalue weighted by Gasteiger charge is 2.20. The Morgan fingerprint density at radius 2 is 1.61 bits per heavy atom. The minimum absolute atomic E-state index is 0.119. The van der Waals surface area contributed by atoms with E-state index in [-0.39, 0.29) is 11.3 Å². The minimum atomic E-state index is 0.119. The van der Waals surface area contributed by atoms with Crippen molar-refractivity contribution in [2.45, 2.75) is 46.1 Å². The van der Waals surface area contributed by atoms with E-state index in [1.54, 1.807) is 6.08 Å². The van der Waals surface area contributed by atoms with Gasteiger partial charge in [0.25, 0.3) is 0 Å². The van der Waals surface area contributed by atoms with Crippen LogP contribution < -0.4 is 0 Å². The molecule has 0 aliphatic carbocycles. The van der Waals surface area contributed by atoms with Gasteiger partial charge in [-0.05, 0) is 36.5 Å². The van der Waals surface area contributed by atoms with Crippen LogP contribution in [0.15, 0.2) is 30.3 Å². The van der Waals surface area contributed by atoms with Gasteiger partial charge in [0.2, 0.25) is 5.91 Å². The van der Waals surface area contributed by atoms with Crippen molar-refractivity contribution >= 4 is 12.0 Å². The summed E-state index contributed by atoms with van der Waals surface area (Å²) in [5, 5.41) is 0. The topological polar surface area (TPSA) is 23.6 Å². The van der Waals surface area contributed by atoms with Gasteiger partial charge in [-0.2, -0.15) is 0 Å². The van der Waals surface area contributed by atoms with Gasteiger partial charge in [0.15, 0.2) is 0 Å². The van der Waals surface area contributed by atoms with Crippen molar-refractivity contribution in [3.8, 4) is 0 Å². The molecule has 0 aromatic heterocycles. The van der Waals surface area contributed by atoms with Crippen LogP contribution in [0.2, 0.25) is 0 Å². The fraction of sp³-hybridized carbons (Fsp3) is 0.550. The number of amides is 1. The van der Waals surface area contributed by atoms with Crippen LogP contribution in [0, 0.1) is 0 Å². The molecule has 1 aliphatic rings. The second-order valence-corrected chi connectivity index (χ2v) is 7.66. The van der Waals surface area contributed by atoms with Crippen molar-refractivity contribution in [2.75, 3.05) is 26.2 Å². The summed E-state index contributed by atoms with van der Waals surface area (Å²) in [5.74, 6) is 0.119. The van der Waals surface area contributed by atoms with E-state index in [0.717, 1.165) is 31.7 Å². The molecule has 0 atom stereocenters. The zero-order chi connectivity index (χ0) is 17.0. The summed E-state index contributed by atoms with van der Waals surface area (Å²) in [6.07, 6.45) is 3.63. The van der Waals surface area contributed by atoms with Crippen LogP contribution in [-0.2, 0) is 10.2 Å². The molecule has 2 rings (SSSR count). The van der Waals surface area contributed by atoms with Gasteiger partial charge >= 0.3 is 0 Å². The lowest BCUT2D eigenvalue weighted by atomic mass is 9.87. The van der Waals surface area contributed by atoms with E-state index < -0.39 is 0 Å². The first-order valence-corrected chi connectivity index (χ1v) is 8.59. The van der Waals surface area contributed by atoms with Gasteiger partial charge < -0.3 is 4.90 Å². The number of hydrogen-bond donors (Lipinski definition) is 0. The van der Waals surface area contributed by atoms with Crippen LogP contribution in [0.4, 0.5) is 0 Å². The Labute approximate surface area is 141 Å². The Morgan fingerprint density at radius 1 is 1.04 bits per heavy atom. The Morgan fingerprint density at radius 3 is 2.09 bits per heavy atom. The van der Waals surface area contributed by atoms with Gasteiger partial charge in [0.05, 0.1) is 0 Å². The molecule has 0 unspecified atom stereocenters. The van der Waals surface area contributed by atoms with Crippen molar-refractivity contribution in [1.82, 2.24) is 9.80 Å². The van der Waals surface area contributed by atoms with Gasteiger partial charge in [-0.3, -0.25) is 9.69 Å². The van der Waals surface area contributed by atoms with Crippen LogP contribution in [0.1, 0.15) is 45.7 Å². The fourth-order valence-corrected chi connectivity index (χ4v) is 2.83. The average molecular weight is 314 g/mol. The largest absolute Gasteiger partial charge is 0.337 e. The van der Waals surface area contributed by atoms with E-state index in [1.807, 2.05) is 11.0 Å². The SMILES string of the molecule is CC(C)N1CCN(C(=O)/C=C/c2ccc(C(C)(C)C)cc2)CC1. The average Bonchev–Trinajstić information content (AvgIpc) is 2.52. The Kier molecular flexibility index (Phi) is 5.64. The second kappa shape index (κ2) is 7.31. The molecule has 0 radical (unpaired) electrons. The Balaban J connectivity index is 1.91. The van der Waals surface area contributed by atoms with Crippen molar-refractivity contribution < 1.29 is 4.79 Å². The first-order chi connectivity index (χ1) is 10.8. The van der Waals surface area contributed by atoms with Crippen LogP contribution >= 0.6 is 0 Å². The quantitative estimate of drug-likeness (QED) is 0.797. The first-order valence-electron chi connectivity index (χ1n) is 8.59. The molecule has 1 aromatic carbocycles. The monoisotopic (exact) mass is 314 g/mol. The zero-order valence-electron chi connectivity index (χ0n) is 15.2. The van der Waals surface area contributed by atoms with Gasteiger partial charge in [0.1, 0.15) is 0 Å². The number of carbonyl (C=O) groups is 1. The lowest BCUT2D eigenvalue weighted by Gasteiger charge is -2.36. The van der Waals surface area contributed by atoms with Crippen molar-refractivity contribution in [1.29, 1.82) is 0 Å². The first kappa shape index (κ1) is 17.7. The summed E-state index contributed by atoms with van der Waals surface area (Å²) in [5.41, 5.74) is 2.55. The van der Waals surface area contributed by atoms with Gasteiger partial charge in [-0.1, -0.05) is 45.0 Å². The minimum Gasteiger partial charge on any atom is -0.337 e. The number of benzene rings is 1. The summed E-state index contributed by atoms with van der Waals surface area (Å²) in [6, 6.07) is 9.02. The molecule has 1 amide bonds. The molecular formula is C20H30N2O. The summed E-state index contributed by atoms with van der Waals surface area (Å²) >= 11 is 0. The predicted molar refractivity (Wildman–Crippen MR) is 97.5 cm³/mol. The fourth-order valence-electron chi connectivity index (χ4n) is 2.83. The molecule has 23 heavy (non-hydrogen) atoms. The second-order valence-electron chi connectivity index (χ2n) is 7.66. The maximum absolute atomic E-state index is 12.3. The highest BCUT2D eigenvalue weighted by Crippen LogP contribution is 2.22. The zero-order valence-corrected chi connectivity index (χ0v) is 15.2. The maximum Gasteiger partial charge on any atom is 0.246 e. The predicted octanol–water partition coefficient (Wildman–Crippen LogP) is 3.55. The summed E-state index contributed by atoms with van der Waals surface area (Å²) in [6.45, 7) is 14.6. The molecule has 3 nitrogen and oxygen atoms in total. The lowest BCUT2D eigenvalue weighted by molar-refractivity contribution is -0.127. The normalized spacial score (nSPS) is 17.2. The lowest BCUT2D eigenvalue weighted by Crippen LogP contribution is -2.50. The maximum atomic E-state index is 12.3. The Bertz CT molecular complexity index is 544. The van der Waals surface area contributed by atoms with E-state index >= 15 is 0 Å². The standard InChI is InChI=1S/C20H30N2O/c1-16(2)21-12-14-22(15-13-21)19(23)11-8-17-6-9-18(10-7-17)20(3,4)5/h6-11,16H,12-15H2,1-5H3/b11-8+. The van der Waals surface area contributed by atoms with E-state index in [2.05, 4.69) is 63.8 Å². The molecule has 1 fully saturated rings.